The van der Waals surface area contributed by atoms with Crippen LogP contribution in [0.4, 0.5) is 0 Å². The van der Waals surface area contributed by atoms with E-state index in [1.165, 1.54) is 109 Å². The fourth-order valence-corrected chi connectivity index (χ4v) is 4.35. The molecule has 0 saturated carbocycles. The highest BCUT2D eigenvalue weighted by Crippen LogP contribution is 2.14. The van der Waals surface area contributed by atoms with Crippen LogP contribution in [-0.4, -0.2) is 35.7 Å². The van der Waals surface area contributed by atoms with E-state index in [-0.39, 0.29) is 12.5 Å². The van der Waals surface area contributed by atoms with E-state index < -0.39 is 0 Å². The number of hydrogen-bond acceptors (Lipinski definition) is 3. The monoisotopic (exact) mass is 454 g/mol. The van der Waals surface area contributed by atoms with Crippen LogP contribution in [0.5, 0.6) is 0 Å². The Morgan fingerprint density at radius 1 is 0.562 bits per heavy atom. The zero-order valence-corrected chi connectivity index (χ0v) is 22.0. The fourth-order valence-electron chi connectivity index (χ4n) is 4.35. The third kappa shape index (κ3) is 24.0. The summed E-state index contributed by atoms with van der Waals surface area (Å²) >= 11 is 0. The second kappa shape index (κ2) is 26.6. The van der Waals surface area contributed by atoms with Gasteiger partial charge in [-0.3, -0.25) is 10.2 Å². The Morgan fingerprint density at radius 3 is 1.34 bits per heavy atom. The standard InChI is InChI=1S/C28H58N2O2/c1-3-5-6-7-8-9-10-11-12-13-14-15-16-17-18-19-20-21-22-24-28(32)29-30(25-4-2)26-23-27-31/h31H,3-27H2,1-2H3,(H,29,32). The number of rotatable bonds is 26. The average molecular weight is 455 g/mol. The molecule has 4 nitrogen and oxygen atoms in total. The summed E-state index contributed by atoms with van der Waals surface area (Å²) in [4.78, 5) is 12.1. The topological polar surface area (TPSA) is 52.6 Å². The van der Waals surface area contributed by atoms with Gasteiger partial charge in [0.1, 0.15) is 0 Å². The maximum atomic E-state index is 12.1. The maximum absolute atomic E-state index is 12.1. The second-order valence-electron chi connectivity index (χ2n) is 9.71. The second-order valence-corrected chi connectivity index (χ2v) is 9.71. The SMILES string of the molecule is CCCCCCCCCCCCCCCCCCCCCC(=O)NN(CCC)CCCO. The summed E-state index contributed by atoms with van der Waals surface area (Å²) in [6.45, 7) is 6.15. The van der Waals surface area contributed by atoms with E-state index in [1.54, 1.807) is 0 Å². The highest BCUT2D eigenvalue weighted by atomic mass is 16.3. The van der Waals surface area contributed by atoms with Crippen molar-refractivity contribution in [3.8, 4) is 0 Å². The molecular formula is C28H58N2O2. The number of amides is 1. The molecule has 0 rings (SSSR count). The Labute approximate surface area is 201 Å². The van der Waals surface area contributed by atoms with Crippen molar-refractivity contribution in [3.05, 3.63) is 0 Å². The lowest BCUT2D eigenvalue weighted by Crippen LogP contribution is -2.43. The molecule has 192 valence electrons. The van der Waals surface area contributed by atoms with Gasteiger partial charge in [-0.2, -0.15) is 0 Å². The van der Waals surface area contributed by atoms with Crippen LogP contribution in [-0.2, 0) is 4.79 Å². The van der Waals surface area contributed by atoms with Crippen LogP contribution in [0.25, 0.3) is 0 Å². The molecule has 0 fully saturated rings. The first-order chi connectivity index (χ1) is 15.7. The Kier molecular flexibility index (Phi) is 26.1. The molecule has 0 radical (unpaired) electrons. The van der Waals surface area contributed by atoms with Gasteiger partial charge in [-0.25, -0.2) is 5.01 Å². The lowest BCUT2D eigenvalue weighted by molar-refractivity contribution is -0.126. The Bertz CT molecular complexity index is 376. The Hall–Kier alpha value is -0.610. The highest BCUT2D eigenvalue weighted by Gasteiger charge is 2.07. The van der Waals surface area contributed by atoms with Crippen LogP contribution in [0.15, 0.2) is 0 Å². The number of hydrazine groups is 1. The molecule has 2 N–H and O–H groups in total. The largest absolute Gasteiger partial charge is 0.396 e. The van der Waals surface area contributed by atoms with Gasteiger partial charge in [0.15, 0.2) is 0 Å². The van der Waals surface area contributed by atoms with E-state index in [2.05, 4.69) is 19.3 Å². The minimum Gasteiger partial charge on any atom is -0.396 e. The number of nitrogens with one attached hydrogen (secondary N) is 1. The van der Waals surface area contributed by atoms with Crippen LogP contribution in [0.2, 0.25) is 0 Å². The van der Waals surface area contributed by atoms with Crippen LogP contribution < -0.4 is 5.43 Å². The number of carbonyl (C=O) groups is 1. The number of aliphatic hydroxyl groups is 1. The normalized spacial score (nSPS) is 11.4. The van der Waals surface area contributed by atoms with Crippen molar-refractivity contribution in [1.82, 2.24) is 10.4 Å². The lowest BCUT2D eigenvalue weighted by atomic mass is 10.0. The molecular weight excluding hydrogens is 396 g/mol. The van der Waals surface area contributed by atoms with Crippen LogP contribution in [0, 0.1) is 0 Å². The van der Waals surface area contributed by atoms with E-state index in [9.17, 15) is 4.79 Å². The van der Waals surface area contributed by atoms with Crippen LogP contribution in [0.3, 0.4) is 0 Å². The van der Waals surface area contributed by atoms with Gasteiger partial charge in [-0.1, -0.05) is 129 Å². The first kappa shape index (κ1) is 31.4. The third-order valence-corrected chi connectivity index (χ3v) is 6.37. The minimum atomic E-state index is 0.128. The van der Waals surface area contributed by atoms with Gasteiger partial charge in [0, 0.05) is 26.1 Å². The predicted molar refractivity (Wildman–Crippen MR) is 140 cm³/mol. The molecule has 0 heterocycles. The van der Waals surface area contributed by atoms with Gasteiger partial charge in [-0.15, -0.1) is 0 Å². The van der Waals surface area contributed by atoms with Crippen molar-refractivity contribution in [2.24, 2.45) is 0 Å². The Morgan fingerprint density at radius 2 is 0.969 bits per heavy atom. The van der Waals surface area contributed by atoms with Crippen LogP contribution >= 0.6 is 0 Å². The van der Waals surface area contributed by atoms with Gasteiger partial charge in [0.05, 0.1) is 0 Å². The van der Waals surface area contributed by atoms with Gasteiger partial charge < -0.3 is 5.11 Å². The molecule has 0 saturated heterocycles. The summed E-state index contributed by atoms with van der Waals surface area (Å²) in [7, 11) is 0. The smallest absolute Gasteiger partial charge is 0.234 e. The first-order valence-electron chi connectivity index (χ1n) is 14.4. The number of carbonyl (C=O) groups excluding carboxylic acids is 1. The average Bonchev–Trinajstić information content (AvgIpc) is 2.79. The van der Waals surface area contributed by atoms with E-state index in [0.717, 1.165) is 32.4 Å². The minimum absolute atomic E-state index is 0.128. The van der Waals surface area contributed by atoms with Crippen molar-refractivity contribution in [2.75, 3.05) is 19.7 Å². The molecule has 0 aliphatic heterocycles. The molecule has 1 amide bonds. The number of aliphatic hydroxyl groups excluding tert-OH is 1. The molecule has 0 atom stereocenters. The highest BCUT2D eigenvalue weighted by molar-refractivity contribution is 5.75. The number of hydrogen-bond donors (Lipinski definition) is 2. The molecule has 0 aliphatic rings. The van der Waals surface area contributed by atoms with Crippen molar-refractivity contribution in [2.45, 2.75) is 155 Å². The van der Waals surface area contributed by atoms with E-state index >= 15 is 0 Å². The molecule has 0 aromatic heterocycles. The fraction of sp³-hybridized carbons (Fsp3) is 0.964. The van der Waals surface area contributed by atoms with Gasteiger partial charge in [0.2, 0.25) is 5.91 Å². The molecule has 0 aromatic rings. The van der Waals surface area contributed by atoms with Crippen molar-refractivity contribution in [1.29, 1.82) is 0 Å². The zero-order valence-electron chi connectivity index (χ0n) is 22.0. The summed E-state index contributed by atoms with van der Waals surface area (Å²) in [5.41, 5.74) is 2.99. The molecule has 0 spiro atoms. The first-order valence-corrected chi connectivity index (χ1v) is 14.4. The summed E-state index contributed by atoms with van der Waals surface area (Å²) in [5, 5.41) is 10.9. The summed E-state index contributed by atoms with van der Waals surface area (Å²) in [6, 6.07) is 0. The Balaban J connectivity index is 3.28. The summed E-state index contributed by atoms with van der Waals surface area (Å²) < 4.78 is 0. The van der Waals surface area contributed by atoms with E-state index in [0.29, 0.717) is 12.8 Å². The molecule has 0 bridgehead atoms. The predicted octanol–water partition coefficient (Wildman–Crippen LogP) is 7.93. The number of nitrogens with zero attached hydrogens (tertiary/aromatic N) is 1. The molecule has 0 aliphatic carbocycles. The van der Waals surface area contributed by atoms with E-state index in [4.69, 9.17) is 5.11 Å². The molecule has 4 heteroatoms. The van der Waals surface area contributed by atoms with Gasteiger partial charge >= 0.3 is 0 Å². The quantitative estimate of drug-likeness (QED) is 0.103. The van der Waals surface area contributed by atoms with Crippen LogP contribution in [0.1, 0.15) is 155 Å². The lowest BCUT2D eigenvalue weighted by Gasteiger charge is -2.22. The van der Waals surface area contributed by atoms with Gasteiger partial charge in [0.25, 0.3) is 0 Å². The van der Waals surface area contributed by atoms with Gasteiger partial charge in [-0.05, 0) is 19.3 Å². The summed E-state index contributed by atoms with van der Waals surface area (Å²) in [6.07, 6.45) is 28.4. The van der Waals surface area contributed by atoms with Crippen molar-refractivity contribution in [3.63, 3.8) is 0 Å². The maximum Gasteiger partial charge on any atom is 0.234 e. The summed E-state index contributed by atoms with van der Waals surface area (Å²) in [5.74, 6) is 0.128. The van der Waals surface area contributed by atoms with Crippen molar-refractivity contribution < 1.29 is 9.90 Å². The molecule has 32 heavy (non-hydrogen) atoms. The molecule has 0 aromatic carbocycles. The third-order valence-electron chi connectivity index (χ3n) is 6.37. The molecule has 0 unspecified atom stereocenters. The number of unbranched alkanes of at least 4 members (excludes halogenated alkanes) is 18. The van der Waals surface area contributed by atoms with Crippen molar-refractivity contribution >= 4 is 5.91 Å². The zero-order chi connectivity index (χ0) is 23.5. The van der Waals surface area contributed by atoms with E-state index in [1.807, 2.05) is 5.01 Å².